The number of hydrogen-bond donors (Lipinski definition) is 1. The minimum atomic E-state index is 0. The summed E-state index contributed by atoms with van der Waals surface area (Å²) < 4.78 is 10.6. The molecule has 3 nitrogen and oxygen atoms in total. The molecule has 0 fully saturated rings. The Hall–Kier alpha value is -1.71. The summed E-state index contributed by atoms with van der Waals surface area (Å²) in [5.74, 6) is 1.56. The SMILES string of the molecule is COc1ccc(CCNCc2ccc(C)cc2)cc1OC.Cl. The predicted octanol–water partition coefficient (Wildman–Crippen LogP) is 3.77. The van der Waals surface area contributed by atoms with E-state index in [0.717, 1.165) is 31.0 Å². The van der Waals surface area contributed by atoms with Crippen LogP contribution in [0.1, 0.15) is 16.7 Å². The molecule has 0 heterocycles. The lowest BCUT2D eigenvalue weighted by atomic mass is 10.1. The number of rotatable bonds is 7. The second kappa shape index (κ2) is 9.34. The molecule has 0 atom stereocenters. The van der Waals surface area contributed by atoms with E-state index in [4.69, 9.17) is 9.47 Å². The molecule has 1 N–H and O–H groups in total. The topological polar surface area (TPSA) is 30.5 Å². The maximum absolute atomic E-state index is 5.32. The van der Waals surface area contributed by atoms with Crippen molar-refractivity contribution >= 4 is 12.4 Å². The molecule has 0 aliphatic rings. The van der Waals surface area contributed by atoms with Gasteiger partial charge < -0.3 is 14.8 Å². The molecular weight excluding hydrogens is 298 g/mol. The normalized spacial score (nSPS) is 9.95. The lowest BCUT2D eigenvalue weighted by molar-refractivity contribution is 0.354. The molecule has 0 aliphatic carbocycles. The molecule has 0 spiro atoms. The highest BCUT2D eigenvalue weighted by Gasteiger charge is 2.04. The highest BCUT2D eigenvalue weighted by molar-refractivity contribution is 5.85. The number of halogens is 1. The number of hydrogen-bond acceptors (Lipinski definition) is 3. The van der Waals surface area contributed by atoms with E-state index in [1.807, 2.05) is 12.1 Å². The van der Waals surface area contributed by atoms with Crippen molar-refractivity contribution in [3.8, 4) is 11.5 Å². The van der Waals surface area contributed by atoms with Gasteiger partial charge in [-0.3, -0.25) is 0 Å². The molecule has 0 aliphatic heterocycles. The van der Waals surface area contributed by atoms with Gasteiger partial charge in [0, 0.05) is 6.54 Å². The summed E-state index contributed by atoms with van der Waals surface area (Å²) in [6.45, 7) is 3.94. The van der Waals surface area contributed by atoms with Gasteiger partial charge in [-0.05, 0) is 43.1 Å². The fourth-order valence-electron chi connectivity index (χ4n) is 2.21. The first-order valence-corrected chi connectivity index (χ1v) is 7.20. The van der Waals surface area contributed by atoms with Crippen molar-refractivity contribution in [3.63, 3.8) is 0 Å². The Labute approximate surface area is 139 Å². The monoisotopic (exact) mass is 321 g/mol. The maximum atomic E-state index is 5.32. The van der Waals surface area contributed by atoms with E-state index in [1.54, 1.807) is 14.2 Å². The van der Waals surface area contributed by atoms with Gasteiger partial charge in [0.25, 0.3) is 0 Å². The van der Waals surface area contributed by atoms with Gasteiger partial charge in [-0.1, -0.05) is 35.9 Å². The van der Waals surface area contributed by atoms with Crippen LogP contribution in [-0.4, -0.2) is 20.8 Å². The summed E-state index contributed by atoms with van der Waals surface area (Å²) in [4.78, 5) is 0. The zero-order valence-corrected chi connectivity index (χ0v) is 14.2. The zero-order valence-electron chi connectivity index (χ0n) is 13.4. The van der Waals surface area contributed by atoms with E-state index in [1.165, 1.54) is 16.7 Å². The van der Waals surface area contributed by atoms with Crippen LogP contribution in [0.15, 0.2) is 42.5 Å². The maximum Gasteiger partial charge on any atom is 0.160 e. The van der Waals surface area contributed by atoms with Crippen molar-refractivity contribution in [2.45, 2.75) is 19.9 Å². The summed E-state index contributed by atoms with van der Waals surface area (Å²) in [7, 11) is 3.32. The molecule has 2 rings (SSSR count). The molecule has 2 aromatic rings. The van der Waals surface area contributed by atoms with Crippen LogP contribution < -0.4 is 14.8 Å². The fourth-order valence-corrected chi connectivity index (χ4v) is 2.21. The van der Waals surface area contributed by atoms with Crippen LogP contribution in [0.5, 0.6) is 11.5 Å². The lowest BCUT2D eigenvalue weighted by Gasteiger charge is -2.10. The van der Waals surface area contributed by atoms with Gasteiger partial charge in [-0.15, -0.1) is 12.4 Å². The Morgan fingerprint density at radius 2 is 1.50 bits per heavy atom. The van der Waals surface area contributed by atoms with Crippen molar-refractivity contribution in [2.75, 3.05) is 20.8 Å². The molecule has 0 unspecified atom stereocenters. The molecule has 0 bridgehead atoms. The van der Waals surface area contributed by atoms with Gasteiger partial charge in [-0.25, -0.2) is 0 Å². The van der Waals surface area contributed by atoms with Crippen LogP contribution in [-0.2, 0) is 13.0 Å². The lowest BCUT2D eigenvalue weighted by Crippen LogP contribution is -2.16. The van der Waals surface area contributed by atoms with E-state index >= 15 is 0 Å². The van der Waals surface area contributed by atoms with Gasteiger partial charge in [0.15, 0.2) is 11.5 Å². The summed E-state index contributed by atoms with van der Waals surface area (Å²) in [6, 6.07) is 14.7. The first-order valence-electron chi connectivity index (χ1n) is 7.20. The third kappa shape index (κ3) is 5.24. The minimum Gasteiger partial charge on any atom is -0.493 e. The number of ether oxygens (including phenoxy) is 2. The summed E-state index contributed by atoms with van der Waals surface area (Å²) in [5, 5.41) is 3.46. The van der Waals surface area contributed by atoms with Gasteiger partial charge in [0.2, 0.25) is 0 Å². The highest BCUT2D eigenvalue weighted by atomic mass is 35.5. The van der Waals surface area contributed by atoms with Crippen molar-refractivity contribution in [1.29, 1.82) is 0 Å². The Bertz CT molecular complexity index is 570. The molecule has 0 aromatic heterocycles. The van der Waals surface area contributed by atoms with Crippen LogP contribution in [0.3, 0.4) is 0 Å². The van der Waals surface area contributed by atoms with Crippen LogP contribution in [0.4, 0.5) is 0 Å². The third-order valence-corrected chi connectivity index (χ3v) is 3.49. The summed E-state index contributed by atoms with van der Waals surface area (Å²) >= 11 is 0. The molecule has 2 aromatic carbocycles. The van der Waals surface area contributed by atoms with E-state index in [9.17, 15) is 0 Å². The number of benzene rings is 2. The van der Waals surface area contributed by atoms with Gasteiger partial charge in [0.1, 0.15) is 0 Å². The summed E-state index contributed by atoms with van der Waals surface area (Å²) in [5.41, 5.74) is 3.85. The molecule has 0 saturated carbocycles. The van der Waals surface area contributed by atoms with Crippen LogP contribution in [0, 0.1) is 6.92 Å². The number of methoxy groups -OCH3 is 2. The minimum absolute atomic E-state index is 0. The zero-order chi connectivity index (χ0) is 15.1. The quantitative estimate of drug-likeness (QED) is 0.788. The largest absolute Gasteiger partial charge is 0.493 e. The van der Waals surface area contributed by atoms with Crippen molar-refractivity contribution in [3.05, 3.63) is 59.2 Å². The number of aryl methyl sites for hydroxylation is 1. The van der Waals surface area contributed by atoms with E-state index in [-0.39, 0.29) is 12.4 Å². The van der Waals surface area contributed by atoms with Gasteiger partial charge in [-0.2, -0.15) is 0 Å². The third-order valence-electron chi connectivity index (χ3n) is 3.49. The predicted molar refractivity (Wildman–Crippen MR) is 93.4 cm³/mol. The van der Waals surface area contributed by atoms with Crippen molar-refractivity contribution in [1.82, 2.24) is 5.32 Å². The second-order valence-corrected chi connectivity index (χ2v) is 5.10. The summed E-state index contributed by atoms with van der Waals surface area (Å²) in [6.07, 6.45) is 0.964. The Kier molecular flexibility index (Phi) is 7.78. The van der Waals surface area contributed by atoms with Crippen LogP contribution in [0.25, 0.3) is 0 Å². The average molecular weight is 322 g/mol. The molecule has 0 saturated heterocycles. The Balaban J connectivity index is 0.00000242. The molecule has 0 amide bonds. The van der Waals surface area contributed by atoms with Crippen LogP contribution >= 0.6 is 12.4 Å². The standard InChI is InChI=1S/C18H23NO2.ClH/c1-14-4-6-16(7-5-14)13-19-11-10-15-8-9-17(20-2)18(12-15)21-3;/h4-9,12,19H,10-11,13H2,1-3H3;1H. The average Bonchev–Trinajstić information content (AvgIpc) is 2.53. The molecule has 22 heavy (non-hydrogen) atoms. The van der Waals surface area contributed by atoms with Crippen LogP contribution in [0.2, 0.25) is 0 Å². The van der Waals surface area contributed by atoms with Crippen molar-refractivity contribution in [2.24, 2.45) is 0 Å². The first kappa shape index (κ1) is 18.3. The first-order chi connectivity index (χ1) is 10.2. The highest BCUT2D eigenvalue weighted by Crippen LogP contribution is 2.27. The van der Waals surface area contributed by atoms with E-state index in [0.29, 0.717) is 0 Å². The van der Waals surface area contributed by atoms with Crippen molar-refractivity contribution < 1.29 is 9.47 Å². The number of nitrogens with one attached hydrogen (secondary N) is 1. The molecule has 4 heteroatoms. The van der Waals surface area contributed by atoms with E-state index < -0.39 is 0 Å². The smallest absolute Gasteiger partial charge is 0.160 e. The molecule has 120 valence electrons. The van der Waals surface area contributed by atoms with E-state index in [2.05, 4.69) is 42.6 Å². The van der Waals surface area contributed by atoms with Gasteiger partial charge in [0.05, 0.1) is 14.2 Å². The Morgan fingerprint density at radius 3 is 2.14 bits per heavy atom. The molecule has 0 radical (unpaired) electrons. The van der Waals surface area contributed by atoms with Gasteiger partial charge >= 0.3 is 0 Å². The Morgan fingerprint density at radius 1 is 0.864 bits per heavy atom. The molecular formula is C18H24ClNO2. The fraction of sp³-hybridized carbons (Fsp3) is 0.333. The second-order valence-electron chi connectivity index (χ2n) is 5.10.